The first-order chi connectivity index (χ1) is 12.1. The van der Waals surface area contributed by atoms with Gasteiger partial charge in [0.2, 0.25) is 0 Å². The molecule has 0 unspecified atom stereocenters. The van der Waals surface area contributed by atoms with E-state index < -0.39 is 12.6 Å². The highest BCUT2D eigenvalue weighted by atomic mass is 16.5. The van der Waals surface area contributed by atoms with Gasteiger partial charge in [0.15, 0.2) is 6.61 Å². The van der Waals surface area contributed by atoms with Crippen LogP contribution in [0.2, 0.25) is 0 Å². The second-order valence-electron chi connectivity index (χ2n) is 4.91. The fourth-order valence-electron chi connectivity index (χ4n) is 1.93. The third-order valence-corrected chi connectivity index (χ3v) is 3.03. The molecule has 0 radical (unpaired) electrons. The van der Waals surface area contributed by atoms with Gasteiger partial charge in [0, 0.05) is 5.56 Å². The van der Waals surface area contributed by atoms with E-state index in [-0.39, 0.29) is 5.91 Å². The average molecular weight is 342 g/mol. The van der Waals surface area contributed by atoms with Crippen LogP contribution in [0.3, 0.4) is 0 Å². The van der Waals surface area contributed by atoms with Gasteiger partial charge in [-0.2, -0.15) is 5.10 Å². The molecule has 2 aromatic carbocycles. The zero-order valence-electron chi connectivity index (χ0n) is 13.6. The second kappa shape index (κ2) is 9.07. The van der Waals surface area contributed by atoms with Crippen LogP contribution in [0.5, 0.6) is 11.5 Å². The Labute approximate surface area is 144 Å². The Morgan fingerprint density at radius 3 is 2.56 bits per heavy atom. The number of ether oxygens (including phenoxy) is 2. The van der Waals surface area contributed by atoms with Crippen molar-refractivity contribution in [2.24, 2.45) is 5.10 Å². The number of hydrogen-bond acceptors (Lipinski definition) is 5. The van der Waals surface area contributed by atoms with Gasteiger partial charge in [-0.05, 0) is 48.9 Å². The number of nitrogens with one attached hydrogen (secondary N) is 1. The molecule has 0 aliphatic heterocycles. The molecule has 0 aromatic heterocycles. The van der Waals surface area contributed by atoms with Gasteiger partial charge < -0.3 is 14.6 Å². The molecule has 2 aromatic rings. The van der Waals surface area contributed by atoms with Crippen molar-refractivity contribution in [3.63, 3.8) is 0 Å². The number of nitrogens with zero attached hydrogens (tertiary/aromatic N) is 1. The lowest BCUT2D eigenvalue weighted by molar-refractivity contribution is -0.139. The zero-order chi connectivity index (χ0) is 18.1. The van der Waals surface area contributed by atoms with Crippen LogP contribution in [-0.4, -0.2) is 36.4 Å². The highest BCUT2D eigenvalue weighted by Crippen LogP contribution is 2.13. The summed E-state index contributed by atoms with van der Waals surface area (Å²) in [5, 5.41) is 12.5. The lowest BCUT2D eigenvalue weighted by Gasteiger charge is -2.04. The van der Waals surface area contributed by atoms with Crippen LogP contribution in [-0.2, 0) is 4.79 Å². The lowest BCUT2D eigenvalue weighted by Crippen LogP contribution is -2.17. The number of carboxylic acids is 1. The zero-order valence-corrected chi connectivity index (χ0v) is 13.6. The van der Waals surface area contributed by atoms with Crippen LogP contribution >= 0.6 is 0 Å². The number of carbonyl (C=O) groups excluding carboxylic acids is 1. The van der Waals surface area contributed by atoms with Gasteiger partial charge in [0.25, 0.3) is 5.91 Å². The van der Waals surface area contributed by atoms with E-state index in [0.29, 0.717) is 29.2 Å². The van der Waals surface area contributed by atoms with Gasteiger partial charge in [-0.3, -0.25) is 4.79 Å². The molecule has 0 spiro atoms. The van der Waals surface area contributed by atoms with E-state index in [1.165, 1.54) is 6.21 Å². The predicted octanol–water partition coefficient (Wildman–Crippen LogP) is 2.31. The van der Waals surface area contributed by atoms with Crippen LogP contribution in [0.1, 0.15) is 22.8 Å². The number of benzene rings is 2. The maximum absolute atomic E-state index is 12.0. The summed E-state index contributed by atoms with van der Waals surface area (Å²) in [5.74, 6) is -0.302. The molecule has 2 rings (SSSR count). The Kier molecular flexibility index (Phi) is 6.53. The van der Waals surface area contributed by atoms with Gasteiger partial charge in [-0.25, -0.2) is 10.2 Å². The largest absolute Gasteiger partial charge is 0.494 e. The summed E-state index contributed by atoms with van der Waals surface area (Å²) in [6, 6.07) is 13.4. The smallest absolute Gasteiger partial charge is 0.341 e. The highest BCUT2D eigenvalue weighted by Gasteiger charge is 2.04. The Morgan fingerprint density at radius 2 is 1.88 bits per heavy atom. The SMILES string of the molecule is CCOc1ccc(C(=O)N/N=C/c2cccc(OCC(=O)O)c2)cc1. The summed E-state index contributed by atoms with van der Waals surface area (Å²) in [6.07, 6.45) is 1.44. The molecule has 130 valence electrons. The topological polar surface area (TPSA) is 97.2 Å². The van der Waals surface area contributed by atoms with Crippen molar-refractivity contribution in [3.05, 3.63) is 59.7 Å². The maximum atomic E-state index is 12.0. The number of carboxylic acid groups (broad SMARTS) is 1. The monoisotopic (exact) mass is 342 g/mol. The Bertz CT molecular complexity index is 756. The highest BCUT2D eigenvalue weighted by molar-refractivity contribution is 5.95. The van der Waals surface area contributed by atoms with Crippen LogP contribution in [0, 0.1) is 0 Å². The van der Waals surface area contributed by atoms with Gasteiger partial charge >= 0.3 is 5.97 Å². The molecular weight excluding hydrogens is 324 g/mol. The summed E-state index contributed by atoms with van der Waals surface area (Å²) in [4.78, 5) is 22.5. The first kappa shape index (κ1) is 18.0. The number of carbonyl (C=O) groups is 2. The molecule has 0 heterocycles. The minimum atomic E-state index is -1.05. The molecule has 0 saturated carbocycles. The maximum Gasteiger partial charge on any atom is 0.341 e. The number of amides is 1. The van der Waals surface area contributed by atoms with Crippen molar-refractivity contribution in [2.45, 2.75) is 6.92 Å². The van der Waals surface area contributed by atoms with Crippen molar-refractivity contribution in [1.82, 2.24) is 5.43 Å². The van der Waals surface area contributed by atoms with Gasteiger partial charge in [0.05, 0.1) is 12.8 Å². The van der Waals surface area contributed by atoms with E-state index in [0.717, 1.165) is 0 Å². The standard InChI is InChI=1S/C18H18N2O5/c1-2-24-15-8-6-14(7-9-15)18(23)20-19-11-13-4-3-5-16(10-13)25-12-17(21)22/h3-11H,2,12H2,1H3,(H,20,23)(H,21,22)/b19-11+. The fourth-order valence-corrected chi connectivity index (χ4v) is 1.93. The van der Waals surface area contributed by atoms with Crippen LogP contribution in [0.15, 0.2) is 53.6 Å². The molecule has 25 heavy (non-hydrogen) atoms. The molecule has 7 nitrogen and oxygen atoms in total. The van der Waals surface area contributed by atoms with E-state index in [9.17, 15) is 9.59 Å². The number of hydrazone groups is 1. The first-order valence-electron chi connectivity index (χ1n) is 7.59. The second-order valence-corrected chi connectivity index (χ2v) is 4.91. The van der Waals surface area contributed by atoms with Crippen LogP contribution in [0.4, 0.5) is 0 Å². The van der Waals surface area contributed by atoms with E-state index in [1.807, 2.05) is 6.92 Å². The third-order valence-electron chi connectivity index (χ3n) is 3.03. The van der Waals surface area contributed by atoms with E-state index in [4.69, 9.17) is 14.6 Å². The van der Waals surface area contributed by atoms with E-state index in [1.54, 1.807) is 48.5 Å². The molecule has 0 fully saturated rings. The summed E-state index contributed by atoms with van der Waals surface area (Å²) >= 11 is 0. The van der Waals surface area contributed by atoms with Crippen molar-refractivity contribution >= 4 is 18.1 Å². The molecular formula is C18H18N2O5. The van der Waals surface area contributed by atoms with Crippen molar-refractivity contribution in [1.29, 1.82) is 0 Å². The van der Waals surface area contributed by atoms with Crippen molar-refractivity contribution in [2.75, 3.05) is 13.2 Å². The molecule has 0 bridgehead atoms. The van der Waals surface area contributed by atoms with Crippen molar-refractivity contribution in [3.8, 4) is 11.5 Å². The van der Waals surface area contributed by atoms with E-state index >= 15 is 0 Å². The van der Waals surface area contributed by atoms with Gasteiger partial charge in [-0.15, -0.1) is 0 Å². The molecule has 0 aliphatic rings. The van der Waals surface area contributed by atoms with Crippen LogP contribution in [0.25, 0.3) is 0 Å². The molecule has 0 aliphatic carbocycles. The summed E-state index contributed by atoms with van der Waals surface area (Å²) < 4.78 is 10.4. The number of hydrogen-bond donors (Lipinski definition) is 2. The Hall–Kier alpha value is -3.35. The average Bonchev–Trinajstić information content (AvgIpc) is 2.61. The third kappa shape index (κ3) is 5.98. The molecule has 1 amide bonds. The minimum Gasteiger partial charge on any atom is -0.494 e. The van der Waals surface area contributed by atoms with Gasteiger partial charge in [-0.1, -0.05) is 12.1 Å². The summed E-state index contributed by atoms with van der Waals surface area (Å²) in [7, 11) is 0. The minimum absolute atomic E-state index is 0.349. The molecule has 2 N–H and O–H groups in total. The predicted molar refractivity (Wildman–Crippen MR) is 92.2 cm³/mol. The quantitative estimate of drug-likeness (QED) is 0.567. The fraction of sp³-hybridized carbons (Fsp3) is 0.167. The Morgan fingerprint density at radius 1 is 1.12 bits per heavy atom. The molecule has 0 saturated heterocycles. The normalized spacial score (nSPS) is 10.4. The summed E-state index contributed by atoms with van der Waals surface area (Å²) in [6.45, 7) is 2.02. The van der Waals surface area contributed by atoms with Gasteiger partial charge in [0.1, 0.15) is 11.5 Å². The molecule has 7 heteroatoms. The van der Waals surface area contributed by atoms with E-state index in [2.05, 4.69) is 10.5 Å². The first-order valence-corrected chi connectivity index (χ1v) is 7.59. The lowest BCUT2D eigenvalue weighted by atomic mass is 10.2. The Balaban J connectivity index is 1.92. The van der Waals surface area contributed by atoms with Crippen LogP contribution < -0.4 is 14.9 Å². The number of rotatable bonds is 8. The number of aliphatic carboxylic acids is 1. The summed E-state index contributed by atoms with van der Waals surface area (Å²) in [5.41, 5.74) is 3.54. The van der Waals surface area contributed by atoms with Crippen molar-refractivity contribution < 1.29 is 24.2 Å². The molecule has 0 atom stereocenters.